The molecule has 0 saturated carbocycles. The quantitative estimate of drug-likeness (QED) is 0.761. The summed E-state index contributed by atoms with van der Waals surface area (Å²) in [5, 5.41) is 0. The summed E-state index contributed by atoms with van der Waals surface area (Å²) in [7, 11) is -3.14. The third-order valence-corrected chi connectivity index (χ3v) is 6.39. The summed E-state index contributed by atoms with van der Waals surface area (Å²) in [5.74, 6) is 1.66. The highest BCUT2D eigenvalue weighted by Crippen LogP contribution is 2.28. The van der Waals surface area contributed by atoms with Crippen molar-refractivity contribution in [2.45, 2.75) is 32.5 Å². The van der Waals surface area contributed by atoms with Gasteiger partial charge in [-0.15, -0.1) is 0 Å². The lowest BCUT2D eigenvalue weighted by Crippen LogP contribution is -2.60. The molecule has 24 heavy (non-hydrogen) atoms. The average molecular weight is 356 g/mol. The highest BCUT2D eigenvalue weighted by atomic mass is 32.2. The zero-order valence-corrected chi connectivity index (χ0v) is 14.9. The number of carbonyl (C=O) groups excluding carboxylic acids is 1. The number of ether oxygens (including phenoxy) is 1. The summed E-state index contributed by atoms with van der Waals surface area (Å²) < 4.78 is 35.2. The minimum absolute atomic E-state index is 0.0111. The molecule has 1 aromatic heterocycles. The fraction of sp³-hybridized carbons (Fsp3) is 0.688. The van der Waals surface area contributed by atoms with Crippen molar-refractivity contribution in [3.05, 3.63) is 23.7 Å². The lowest BCUT2D eigenvalue weighted by molar-refractivity contribution is -0.142. The van der Waals surface area contributed by atoms with E-state index in [0.717, 1.165) is 11.5 Å². The van der Waals surface area contributed by atoms with E-state index in [-0.39, 0.29) is 36.1 Å². The van der Waals surface area contributed by atoms with E-state index >= 15 is 0 Å². The van der Waals surface area contributed by atoms with Crippen molar-refractivity contribution in [3.8, 4) is 0 Å². The van der Waals surface area contributed by atoms with E-state index in [9.17, 15) is 13.2 Å². The molecule has 2 fully saturated rings. The number of sulfone groups is 1. The molecule has 3 heterocycles. The maximum absolute atomic E-state index is 12.3. The van der Waals surface area contributed by atoms with E-state index in [1.165, 1.54) is 0 Å². The molecule has 0 spiro atoms. The number of rotatable bonds is 5. The van der Waals surface area contributed by atoms with Gasteiger partial charge in [0.15, 0.2) is 9.84 Å². The first-order valence-electron chi connectivity index (χ1n) is 8.26. The van der Waals surface area contributed by atoms with Crippen molar-refractivity contribution in [2.24, 2.45) is 0 Å². The zero-order chi connectivity index (χ0) is 17.3. The molecule has 2 saturated heterocycles. The lowest BCUT2D eigenvalue weighted by atomic mass is 10.0. The van der Waals surface area contributed by atoms with Crippen LogP contribution in [-0.2, 0) is 25.9 Å². The van der Waals surface area contributed by atoms with Crippen LogP contribution < -0.4 is 0 Å². The first-order valence-corrected chi connectivity index (χ1v) is 10.1. The van der Waals surface area contributed by atoms with E-state index in [2.05, 4.69) is 4.90 Å². The second-order valence-electron chi connectivity index (χ2n) is 6.42. The molecule has 0 N–H and O–H groups in total. The van der Waals surface area contributed by atoms with E-state index in [4.69, 9.17) is 9.15 Å². The summed E-state index contributed by atoms with van der Waals surface area (Å²) in [5.41, 5.74) is 0. The van der Waals surface area contributed by atoms with E-state index in [0.29, 0.717) is 26.2 Å². The van der Waals surface area contributed by atoms with Gasteiger partial charge in [-0.2, -0.15) is 0 Å². The van der Waals surface area contributed by atoms with Gasteiger partial charge in [0.1, 0.15) is 18.1 Å². The third-order valence-electron chi connectivity index (χ3n) is 4.70. The van der Waals surface area contributed by atoms with Crippen molar-refractivity contribution in [1.29, 1.82) is 0 Å². The monoisotopic (exact) mass is 356 g/mol. The van der Waals surface area contributed by atoms with Gasteiger partial charge in [-0.3, -0.25) is 9.69 Å². The van der Waals surface area contributed by atoms with Crippen LogP contribution >= 0.6 is 0 Å². The van der Waals surface area contributed by atoms with Gasteiger partial charge in [0.25, 0.3) is 0 Å². The van der Waals surface area contributed by atoms with Crippen LogP contribution in [0, 0.1) is 6.92 Å². The average Bonchev–Trinajstić information content (AvgIpc) is 3.07. The van der Waals surface area contributed by atoms with Gasteiger partial charge in [-0.25, -0.2) is 8.42 Å². The Labute approximate surface area is 142 Å². The molecule has 134 valence electrons. The highest BCUT2D eigenvalue weighted by Gasteiger charge is 2.48. The molecule has 0 unspecified atom stereocenters. The highest BCUT2D eigenvalue weighted by molar-refractivity contribution is 7.91. The fourth-order valence-electron chi connectivity index (χ4n) is 3.57. The second-order valence-corrected chi connectivity index (χ2v) is 8.57. The first kappa shape index (κ1) is 17.4. The summed E-state index contributed by atoms with van der Waals surface area (Å²) in [6, 6.07) is 3.34. The number of hydrogen-bond donors (Lipinski definition) is 0. The molecule has 0 aliphatic carbocycles. The molecule has 2 atom stereocenters. The Morgan fingerprint density at radius 1 is 1.29 bits per heavy atom. The Balaban J connectivity index is 1.76. The molecule has 0 radical (unpaired) electrons. The summed E-state index contributed by atoms with van der Waals surface area (Å²) in [4.78, 5) is 16.2. The molecular formula is C16H24N2O5S. The van der Waals surface area contributed by atoms with Gasteiger partial charge >= 0.3 is 0 Å². The number of fused-ring (bicyclic) bond motifs is 1. The fourth-order valence-corrected chi connectivity index (χ4v) is 5.59. The second kappa shape index (κ2) is 6.85. The minimum atomic E-state index is -3.14. The van der Waals surface area contributed by atoms with Crippen molar-refractivity contribution in [1.82, 2.24) is 9.80 Å². The summed E-state index contributed by atoms with van der Waals surface area (Å²) in [6.45, 7) is 5.91. The maximum Gasteiger partial charge on any atom is 0.248 e. The Bertz CT molecular complexity index is 699. The number of amides is 1. The molecule has 8 heteroatoms. The molecule has 3 rings (SSSR count). The molecule has 0 bridgehead atoms. The van der Waals surface area contributed by atoms with Crippen LogP contribution in [0.3, 0.4) is 0 Å². The van der Waals surface area contributed by atoms with Gasteiger partial charge < -0.3 is 14.1 Å². The van der Waals surface area contributed by atoms with Crippen LogP contribution in [0.4, 0.5) is 0 Å². The Kier molecular flexibility index (Phi) is 4.98. The van der Waals surface area contributed by atoms with Gasteiger partial charge in [0, 0.05) is 25.7 Å². The van der Waals surface area contributed by atoms with E-state index < -0.39 is 9.84 Å². The van der Waals surface area contributed by atoms with E-state index in [1.807, 2.05) is 26.0 Å². The number of piperazine rings is 1. The Morgan fingerprint density at radius 2 is 2.04 bits per heavy atom. The van der Waals surface area contributed by atoms with Crippen LogP contribution in [0.1, 0.15) is 18.4 Å². The maximum atomic E-state index is 12.3. The summed E-state index contributed by atoms with van der Waals surface area (Å²) in [6.07, 6.45) is 0. The molecule has 1 aromatic rings. The summed E-state index contributed by atoms with van der Waals surface area (Å²) >= 11 is 0. The molecule has 7 nitrogen and oxygen atoms in total. The van der Waals surface area contributed by atoms with Crippen molar-refractivity contribution in [2.75, 3.05) is 37.8 Å². The topological polar surface area (TPSA) is 80.1 Å². The first-order chi connectivity index (χ1) is 11.4. The van der Waals surface area contributed by atoms with E-state index in [1.54, 1.807) is 4.90 Å². The molecule has 2 aliphatic heterocycles. The van der Waals surface area contributed by atoms with Crippen molar-refractivity contribution < 1.29 is 22.4 Å². The van der Waals surface area contributed by atoms with Gasteiger partial charge in [0.2, 0.25) is 5.91 Å². The molecule has 0 aromatic carbocycles. The Hall–Kier alpha value is -1.38. The van der Waals surface area contributed by atoms with Crippen LogP contribution in [-0.4, -0.2) is 74.0 Å². The van der Waals surface area contributed by atoms with Gasteiger partial charge in [0.05, 0.1) is 24.1 Å². The number of carbonyl (C=O) groups is 1. The predicted molar refractivity (Wildman–Crippen MR) is 88.3 cm³/mol. The van der Waals surface area contributed by atoms with Crippen LogP contribution in [0.5, 0.6) is 0 Å². The number of furan rings is 1. The zero-order valence-electron chi connectivity index (χ0n) is 14.1. The van der Waals surface area contributed by atoms with Crippen LogP contribution in [0.25, 0.3) is 0 Å². The van der Waals surface area contributed by atoms with Gasteiger partial charge in [-0.05, 0) is 26.0 Å². The smallest absolute Gasteiger partial charge is 0.248 e. The van der Waals surface area contributed by atoms with Crippen LogP contribution in [0.15, 0.2) is 16.5 Å². The standard InChI is InChI=1S/C16H24N2O5S/c1-3-22-9-16(19)18-7-6-17(8-13-5-4-12(2)23-13)14-10-24(20,21)11-15(14)18/h4-5,14-15H,3,6-11H2,1-2H3/t14-,15+/m1/s1. The number of aryl methyl sites for hydroxylation is 1. The number of hydrogen-bond acceptors (Lipinski definition) is 6. The number of nitrogens with zero attached hydrogens (tertiary/aromatic N) is 2. The normalized spacial score (nSPS) is 26.5. The third kappa shape index (κ3) is 3.65. The van der Waals surface area contributed by atoms with Gasteiger partial charge in [-0.1, -0.05) is 0 Å². The molecule has 1 amide bonds. The Morgan fingerprint density at radius 3 is 2.71 bits per heavy atom. The SMILES string of the molecule is CCOCC(=O)N1CCN(Cc2ccc(C)o2)[C@@H]2CS(=O)(=O)C[C@@H]21. The predicted octanol–water partition coefficient (Wildman–Crippen LogP) is 0.434. The van der Waals surface area contributed by atoms with Crippen molar-refractivity contribution >= 4 is 15.7 Å². The molecule has 2 aliphatic rings. The lowest BCUT2D eigenvalue weighted by Gasteiger charge is -2.43. The van der Waals surface area contributed by atoms with Crippen molar-refractivity contribution in [3.63, 3.8) is 0 Å². The minimum Gasteiger partial charge on any atom is -0.465 e. The van der Waals surface area contributed by atoms with Crippen LogP contribution in [0.2, 0.25) is 0 Å². The largest absolute Gasteiger partial charge is 0.465 e. The molecular weight excluding hydrogens is 332 g/mol.